The van der Waals surface area contributed by atoms with Crippen LogP contribution in [0.15, 0.2) is 66.9 Å². The van der Waals surface area contributed by atoms with E-state index in [-0.39, 0.29) is 23.5 Å². The van der Waals surface area contributed by atoms with Crippen LogP contribution < -0.4 is 15.4 Å². The summed E-state index contributed by atoms with van der Waals surface area (Å²) < 4.78 is 5.64. The summed E-state index contributed by atoms with van der Waals surface area (Å²) in [4.78, 5) is 28.0. The molecule has 0 radical (unpaired) electrons. The summed E-state index contributed by atoms with van der Waals surface area (Å²) >= 11 is 0. The third-order valence-corrected chi connectivity index (χ3v) is 4.06. The largest absolute Gasteiger partial charge is 0.491 e. The lowest BCUT2D eigenvalue weighted by Crippen LogP contribution is -2.14. The zero-order valence-electron chi connectivity index (χ0n) is 16.6. The average molecular weight is 389 g/mol. The highest BCUT2D eigenvalue weighted by molar-refractivity contribution is 6.03. The predicted molar refractivity (Wildman–Crippen MR) is 114 cm³/mol. The van der Waals surface area contributed by atoms with E-state index in [1.807, 2.05) is 38.1 Å². The first kappa shape index (κ1) is 20.1. The molecule has 2 aromatic carbocycles. The van der Waals surface area contributed by atoms with Crippen molar-refractivity contribution in [3.8, 4) is 5.75 Å². The van der Waals surface area contributed by atoms with E-state index in [1.165, 1.54) is 6.92 Å². The quantitative estimate of drug-likeness (QED) is 0.552. The van der Waals surface area contributed by atoms with Gasteiger partial charge in [-0.15, -0.1) is 0 Å². The fourth-order valence-corrected chi connectivity index (χ4v) is 2.67. The number of carbonyl (C=O) groups excluding carboxylic acids is 2. The fourth-order valence-electron chi connectivity index (χ4n) is 2.67. The number of rotatable bonds is 7. The minimum atomic E-state index is -0.329. The van der Waals surface area contributed by atoms with Crippen LogP contribution in [-0.2, 0) is 0 Å². The Kier molecular flexibility index (Phi) is 6.24. The second kappa shape index (κ2) is 9.01. The van der Waals surface area contributed by atoms with E-state index in [0.717, 1.165) is 17.1 Å². The Morgan fingerprint density at radius 2 is 1.55 bits per heavy atom. The van der Waals surface area contributed by atoms with Crippen LogP contribution in [0, 0.1) is 0 Å². The molecule has 0 saturated carbocycles. The number of nitrogens with zero attached hydrogens (tertiary/aromatic N) is 1. The van der Waals surface area contributed by atoms with Crippen LogP contribution in [0.5, 0.6) is 5.75 Å². The molecule has 0 spiro atoms. The first-order valence-corrected chi connectivity index (χ1v) is 9.33. The standard InChI is InChI=1S/C23H23N3O3/c1-15(2)29-21-10-8-18(9-11-21)25-20-12-13-24-22(14-20)23(28)26-19-6-4-17(5-7-19)16(3)27/h4-15H,1-3H3,(H,24,25)(H,26,28). The Bertz CT molecular complexity index is 997. The van der Waals surface area contributed by atoms with Crippen LogP contribution in [0.2, 0.25) is 0 Å². The Morgan fingerprint density at radius 3 is 2.17 bits per heavy atom. The van der Waals surface area contributed by atoms with Gasteiger partial charge in [-0.2, -0.15) is 0 Å². The van der Waals surface area contributed by atoms with Crippen molar-refractivity contribution in [1.29, 1.82) is 0 Å². The van der Waals surface area contributed by atoms with E-state index in [9.17, 15) is 9.59 Å². The number of carbonyl (C=O) groups is 2. The van der Waals surface area contributed by atoms with Gasteiger partial charge in [-0.25, -0.2) is 0 Å². The number of pyridine rings is 1. The number of nitrogens with one attached hydrogen (secondary N) is 2. The fraction of sp³-hybridized carbons (Fsp3) is 0.174. The van der Waals surface area contributed by atoms with Gasteiger partial charge in [0.1, 0.15) is 11.4 Å². The normalized spacial score (nSPS) is 10.5. The van der Waals surface area contributed by atoms with Gasteiger partial charge in [-0.1, -0.05) is 0 Å². The number of ether oxygens (including phenoxy) is 1. The molecule has 1 amide bonds. The van der Waals surface area contributed by atoms with Gasteiger partial charge in [0.25, 0.3) is 5.91 Å². The van der Waals surface area contributed by atoms with Crippen molar-refractivity contribution in [3.05, 3.63) is 78.1 Å². The first-order valence-electron chi connectivity index (χ1n) is 9.33. The van der Waals surface area contributed by atoms with Crippen LogP contribution in [0.25, 0.3) is 0 Å². The van der Waals surface area contributed by atoms with Crippen molar-refractivity contribution in [3.63, 3.8) is 0 Å². The van der Waals surface area contributed by atoms with Crippen LogP contribution in [-0.4, -0.2) is 22.8 Å². The Hall–Kier alpha value is -3.67. The summed E-state index contributed by atoms with van der Waals surface area (Å²) in [6, 6.07) is 17.8. The lowest BCUT2D eigenvalue weighted by atomic mass is 10.1. The van der Waals surface area contributed by atoms with Crippen LogP contribution in [0.4, 0.5) is 17.1 Å². The highest BCUT2D eigenvalue weighted by Crippen LogP contribution is 2.21. The number of ketones is 1. The molecule has 0 saturated heterocycles. The molecule has 3 aromatic rings. The minimum Gasteiger partial charge on any atom is -0.491 e. The molecule has 0 aliphatic heterocycles. The number of anilines is 3. The van der Waals surface area contributed by atoms with Gasteiger partial charge in [0.05, 0.1) is 6.10 Å². The SMILES string of the molecule is CC(=O)c1ccc(NC(=O)c2cc(Nc3ccc(OC(C)C)cc3)ccn2)cc1. The molecule has 3 rings (SSSR count). The zero-order valence-corrected chi connectivity index (χ0v) is 16.6. The first-order chi connectivity index (χ1) is 13.9. The van der Waals surface area contributed by atoms with Gasteiger partial charge >= 0.3 is 0 Å². The van der Waals surface area contributed by atoms with Crippen molar-refractivity contribution >= 4 is 28.8 Å². The lowest BCUT2D eigenvalue weighted by molar-refractivity contribution is 0.101. The van der Waals surface area contributed by atoms with Gasteiger partial charge in [0.15, 0.2) is 5.78 Å². The summed E-state index contributed by atoms with van der Waals surface area (Å²) in [5, 5.41) is 6.03. The van der Waals surface area contributed by atoms with Crippen LogP contribution >= 0.6 is 0 Å². The number of Topliss-reactive ketones (excluding diaryl/α,β-unsaturated/α-hetero) is 1. The Balaban J connectivity index is 1.66. The van der Waals surface area contributed by atoms with E-state index in [4.69, 9.17) is 4.74 Å². The van der Waals surface area contributed by atoms with Crippen molar-refractivity contribution in [1.82, 2.24) is 4.98 Å². The summed E-state index contributed by atoms with van der Waals surface area (Å²) in [5.74, 6) is 0.452. The van der Waals surface area contributed by atoms with E-state index >= 15 is 0 Å². The maximum atomic E-state index is 12.5. The van der Waals surface area contributed by atoms with E-state index < -0.39 is 0 Å². The molecule has 1 heterocycles. The van der Waals surface area contributed by atoms with Crippen LogP contribution in [0.3, 0.4) is 0 Å². The third kappa shape index (κ3) is 5.65. The molecule has 6 heteroatoms. The molecule has 29 heavy (non-hydrogen) atoms. The molecule has 148 valence electrons. The van der Waals surface area contributed by atoms with Crippen molar-refractivity contribution < 1.29 is 14.3 Å². The van der Waals surface area contributed by atoms with Gasteiger partial charge in [-0.3, -0.25) is 14.6 Å². The monoisotopic (exact) mass is 389 g/mol. The Morgan fingerprint density at radius 1 is 0.897 bits per heavy atom. The molecule has 0 atom stereocenters. The van der Waals surface area contributed by atoms with Gasteiger partial charge < -0.3 is 15.4 Å². The van der Waals surface area contributed by atoms with Crippen molar-refractivity contribution in [2.45, 2.75) is 26.9 Å². The third-order valence-electron chi connectivity index (χ3n) is 4.06. The minimum absolute atomic E-state index is 0.0212. The predicted octanol–water partition coefficient (Wildman–Crippen LogP) is 5.07. The smallest absolute Gasteiger partial charge is 0.274 e. The number of hydrogen-bond acceptors (Lipinski definition) is 5. The summed E-state index contributed by atoms with van der Waals surface area (Å²) in [6.45, 7) is 5.46. The molecule has 0 unspecified atom stereocenters. The Labute approximate surface area is 169 Å². The van der Waals surface area contributed by atoms with Crippen LogP contribution in [0.1, 0.15) is 41.6 Å². The van der Waals surface area contributed by atoms with E-state index in [0.29, 0.717) is 11.3 Å². The molecular weight excluding hydrogens is 366 g/mol. The van der Waals surface area contributed by atoms with Crippen molar-refractivity contribution in [2.24, 2.45) is 0 Å². The molecule has 0 fully saturated rings. The maximum absolute atomic E-state index is 12.5. The molecule has 0 aliphatic carbocycles. The second-order valence-corrected chi connectivity index (χ2v) is 6.83. The summed E-state index contributed by atoms with van der Waals surface area (Å²) in [7, 11) is 0. The van der Waals surface area contributed by atoms with Crippen molar-refractivity contribution in [2.75, 3.05) is 10.6 Å². The average Bonchev–Trinajstić information content (AvgIpc) is 2.70. The molecule has 1 aromatic heterocycles. The van der Waals surface area contributed by atoms with Gasteiger partial charge in [0, 0.05) is 28.8 Å². The number of aromatic nitrogens is 1. The summed E-state index contributed by atoms with van der Waals surface area (Å²) in [6.07, 6.45) is 1.69. The van der Waals surface area contributed by atoms with E-state index in [2.05, 4.69) is 15.6 Å². The summed E-state index contributed by atoms with van der Waals surface area (Å²) in [5.41, 5.74) is 3.09. The molecular formula is C23H23N3O3. The topological polar surface area (TPSA) is 80.3 Å². The molecule has 0 bridgehead atoms. The van der Waals surface area contributed by atoms with E-state index in [1.54, 1.807) is 42.6 Å². The zero-order chi connectivity index (χ0) is 20.8. The number of benzene rings is 2. The highest BCUT2D eigenvalue weighted by Gasteiger charge is 2.09. The lowest BCUT2D eigenvalue weighted by Gasteiger charge is -2.11. The molecule has 0 aliphatic rings. The van der Waals surface area contributed by atoms with Gasteiger partial charge in [-0.05, 0) is 81.4 Å². The molecule has 6 nitrogen and oxygen atoms in total. The molecule has 2 N–H and O–H groups in total. The number of amides is 1. The second-order valence-electron chi connectivity index (χ2n) is 6.83. The highest BCUT2D eigenvalue weighted by atomic mass is 16.5. The maximum Gasteiger partial charge on any atom is 0.274 e. The van der Waals surface area contributed by atoms with Gasteiger partial charge in [0.2, 0.25) is 0 Å². The number of hydrogen-bond donors (Lipinski definition) is 2.